The Labute approximate surface area is 189 Å². The Kier molecular flexibility index (Phi) is 6.77. The highest BCUT2D eigenvalue weighted by Crippen LogP contribution is 2.24. The van der Waals surface area contributed by atoms with Gasteiger partial charge in [0.1, 0.15) is 11.9 Å². The van der Waals surface area contributed by atoms with E-state index in [9.17, 15) is 9.59 Å². The normalized spacial score (nSPS) is 18.6. The molecule has 0 radical (unpaired) electrons. The highest BCUT2D eigenvalue weighted by atomic mass is 16.5. The molecule has 8 nitrogen and oxygen atoms in total. The zero-order valence-electron chi connectivity index (χ0n) is 19.2. The lowest BCUT2D eigenvalue weighted by molar-refractivity contribution is -0.130. The molecule has 4 heterocycles. The largest absolute Gasteiger partial charge is 0.488 e. The molecule has 0 N–H and O–H groups in total. The van der Waals surface area contributed by atoms with Crippen molar-refractivity contribution < 1.29 is 14.3 Å². The lowest BCUT2D eigenvalue weighted by Gasteiger charge is -2.38. The van der Waals surface area contributed by atoms with Gasteiger partial charge >= 0.3 is 0 Å². The lowest BCUT2D eigenvalue weighted by atomic mass is 10.0. The fourth-order valence-electron chi connectivity index (χ4n) is 4.55. The molecule has 2 aromatic heterocycles. The summed E-state index contributed by atoms with van der Waals surface area (Å²) in [6.45, 7) is 8.73. The van der Waals surface area contributed by atoms with Crippen LogP contribution in [0.2, 0.25) is 0 Å². The molecule has 32 heavy (non-hydrogen) atoms. The summed E-state index contributed by atoms with van der Waals surface area (Å²) in [5.74, 6) is 1.42. The molecule has 4 rings (SSSR count). The Hall–Kier alpha value is -2.90. The first-order valence-electron chi connectivity index (χ1n) is 11.6. The summed E-state index contributed by atoms with van der Waals surface area (Å²) >= 11 is 0. The summed E-state index contributed by atoms with van der Waals surface area (Å²) in [5.41, 5.74) is 1.54. The van der Waals surface area contributed by atoms with Crippen LogP contribution in [0.1, 0.15) is 56.2 Å². The fourth-order valence-corrected chi connectivity index (χ4v) is 4.55. The molecule has 1 saturated heterocycles. The van der Waals surface area contributed by atoms with Gasteiger partial charge in [0.05, 0.1) is 6.54 Å². The predicted octanol–water partition coefficient (Wildman–Crippen LogP) is 2.78. The van der Waals surface area contributed by atoms with Gasteiger partial charge in [-0.25, -0.2) is 0 Å². The number of nitrogens with zero attached hydrogens (tertiary/aromatic N) is 5. The predicted molar refractivity (Wildman–Crippen MR) is 120 cm³/mol. The van der Waals surface area contributed by atoms with Crippen molar-refractivity contribution in [1.29, 1.82) is 0 Å². The highest BCUT2D eigenvalue weighted by molar-refractivity contribution is 5.92. The van der Waals surface area contributed by atoms with E-state index in [0.29, 0.717) is 31.2 Å². The van der Waals surface area contributed by atoms with Crippen LogP contribution in [0.3, 0.4) is 0 Å². The number of fused-ring (bicyclic) bond motifs is 1. The van der Waals surface area contributed by atoms with Gasteiger partial charge in [-0.2, -0.15) is 5.10 Å². The number of carbonyl (C=O) groups is 2. The first-order chi connectivity index (χ1) is 15.4. The second kappa shape index (κ2) is 9.71. The number of hydrogen-bond donors (Lipinski definition) is 0. The molecule has 0 saturated carbocycles. The average Bonchev–Trinajstić information content (AvgIpc) is 3.33. The number of hydrogen-bond acceptors (Lipinski definition) is 5. The third kappa shape index (κ3) is 5.11. The Balaban J connectivity index is 1.42. The van der Waals surface area contributed by atoms with Crippen molar-refractivity contribution in [1.82, 2.24) is 24.6 Å². The quantitative estimate of drug-likeness (QED) is 0.663. The van der Waals surface area contributed by atoms with Crippen LogP contribution in [0.15, 0.2) is 30.6 Å². The minimum atomic E-state index is 0.000395. The minimum Gasteiger partial charge on any atom is -0.488 e. The number of piperidine rings is 1. The SMILES string of the molecule is CC(=O)N1CCC(N(CCC(C)C)C(=O)c2cc3n(n2)C[C@@H](Oc2ccncc2)C3)CC1. The van der Waals surface area contributed by atoms with E-state index in [2.05, 4.69) is 23.9 Å². The van der Waals surface area contributed by atoms with Crippen molar-refractivity contribution in [3.8, 4) is 5.75 Å². The number of aromatic nitrogens is 3. The Morgan fingerprint density at radius 1 is 1.22 bits per heavy atom. The average molecular weight is 440 g/mol. The second-order valence-corrected chi connectivity index (χ2v) is 9.25. The van der Waals surface area contributed by atoms with Crippen LogP contribution < -0.4 is 4.74 Å². The summed E-state index contributed by atoms with van der Waals surface area (Å²) in [4.78, 5) is 33.1. The zero-order chi connectivity index (χ0) is 22.7. The van der Waals surface area contributed by atoms with Crippen LogP contribution in [0, 0.1) is 5.92 Å². The molecule has 0 aromatic carbocycles. The first kappa shape index (κ1) is 22.3. The highest BCUT2D eigenvalue weighted by Gasteiger charge is 2.32. The smallest absolute Gasteiger partial charge is 0.274 e. The van der Waals surface area contributed by atoms with Crippen molar-refractivity contribution in [2.45, 2.75) is 65.1 Å². The zero-order valence-corrected chi connectivity index (χ0v) is 19.2. The molecular formula is C24H33N5O3. The second-order valence-electron chi connectivity index (χ2n) is 9.25. The maximum absolute atomic E-state index is 13.5. The Morgan fingerprint density at radius 3 is 2.56 bits per heavy atom. The van der Waals surface area contributed by atoms with Crippen LogP contribution >= 0.6 is 0 Å². The van der Waals surface area contributed by atoms with E-state index in [1.54, 1.807) is 19.3 Å². The lowest BCUT2D eigenvalue weighted by Crippen LogP contribution is -2.49. The topological polar surface area (TPSA) is 80.6 Å². The van der Waals surface area contributed by atoms with Gasteiger partial charge in [-0.3, -0.25) is 19.3 Å². The van der Waals surface area contributed by atoms with Gasteiger partial charge in [-0.15, -0.1) is 0 Å². The first-order valence-corrected chi connectivity index (χ1v) is 11.6. The molecular weight excluding hydrogens is 406 g/mol. The van der Waals surface area contributed by atoms with E-state index < -0.39 is 0 Å². The van der Waals surface area contributed by atoms with Crippen LogP contribution in [0.4, 0.5) is 0 Å². The summed E-state index contributed by atoms with van der Waals surface area (Å²) in [6, 6.07) is 5.77. The summed E-state index contributed by atoms with van der Waals surface area (Å²) in [6.07, 6.45) is 6.76. The number of amides is 2. The molecule has 0 spiro atoms. The molecule has 0 unspecified atom stereocenters. The third-order valence-corrected chi connectivity index (χ3v) is 6.41. The third-order valence-electron chi connectivity index (χ3n) is 6.41. The van der Waals surface area contributed by atoms with Crippen LogP contribution in [-0.4, -0.2) is 68.2 Å². The standard InChI is InChI=1S/C24H33N5O3/c1-17(2)6-13-28(19-7-11-27(12-8-19)18(3)30)24(31)23-15-20-14-22(16-29(20)26-23)32-21-4-9-25-10-5-21/h4-5,9-10,15,17,19,22H,6-8,11-14,16H2,1-3H3/t22-/m0/s1. The number of likely N-dealkylation sites (tertiary alicyclic amines) is 1. The van der Waals surface area contributed by atoms with Gasteiger partial charge in [0.2, 0.25) is 5.91 Å². The molecule has 0 aliphatic carbocycles. The van der Waals surface area contributed by atoms with Gasteiger partial charge in [-0.05, 0) is 43.4 Å². The monoisotopic (exact) mass is 439 g/mol. The van der Waals surface area contributed by atoms with E-state index >= 15 is 0 Å². The Morgan fingerprint density at radius 2 is 1.94 bits per heavy atom. The fraction of sp³-hybridized carbons (Fsp3) is 0.583. The van der Waals surface area contributed by atoms with Crippen LogP contribution in [0.25, 0.3) is 0 Å². The van der Waals surface area contributed by atoms with E-state index in [1.165, 1.54) is 0 Å². The van der Waals surface area contributed by atoms with E-state index in [-0.39, 0.29) is 24.0 Å². The molecule has 2 aliphatic rings. The van der Waals surface area contributed by atoms with Crippen molar-refractivity contribution in [3.63, 3.8) is 0 Å². The molecule has 0 bridgehead atoms. The van der Waals surface area contributed by atoms with Crippen molar-refractivity contribution in [3.05, 3.63) is 42.0 Å². The van der Waals surface area contributed by atoms with Crippen LogP contribution in [0.5, 0.6) is 5.75 Å². The van der Waals surface area contributed by atoms with Gasteiger partial charge in [0.25, 0.3) is 5.91 Å². The number of carbonyl (C=O) groups excluding carboxylic acids is 2. The van der Waals surface area contributed by atoms with E-state index in [4.69, 9.17) is 4.74 Å². The summed E-state index contributed by atoms with van der Waals surface area (Å²) in [7, 11) is 0. The van der Waals surface area contributed by atoms with Crippen molar-refractivity contribution in [2.75, 3.05) is 19.6 Å². The van der Waals surface area contributed by atoms with Gasteiger partial charge < -0.3 is 14.5 Å². The number of rotatable bonds is 7. The molecule has 2 aromatic rings. The maximum Gasteiger partial charge on any atom is 0.274 e. The number of pyridine rings is 1. The molecule has 1 atom stereocenters. The minimum absolute atomic E-state index is 0.000395. The van der Waals surface area contributed by atoms with E-state index in [0.717, 1.165) is 43.7 Å². The van der Waals surface area contributed by atoms with Crippen molar-refractivity contribution in [2.24, 2.45) is 5.92 Å². The van der Waals surface area contributed by atoms with Crippen molar-refractivity contribution >= 4 is 11.8 Å². The van der Waals surface area contributed by atoms with Gasteiger partial charge in [0.15, 0.2) is 5.69 Å². The molecule has 2 aliphatic heterocycles. The summed E-state index contributed by atoms with van der Waals surface area (Å²) in [5, 5.41) is 4.64. The Bertz CT molecular complexity index is 911. The molecule has 8 heteroatoms. The summed E-state index contributed by atoms with van der Waals surface area (Å²) < 4.78 is 7.93. The van der Waals surface area contributed by atoms with Crippen LogP contribution in [-0.2, 0) is 17.8 Å². The maximum atomic E-state index is 13.5. The molecule has 2 amide bonds. The van der Waals surface area contributed by atoms with Gasteiger partial charge in [-0.1, -0.05) is 13.8 Å². The number of ether oxygens (including phenoxy) is 1. The van der Waals surface area contributed by atoms with E-state index in [1.807, 2.05) is 32.7 Å². The van der Waals surface area contributed by atoms with Gasteiger partial charge in [0, 0.05) is 57.1 Å². The molecule has 172 valence electrons. The molecule has 1 fully saturated rings.